The second-order valence-electron chi connectivity index (χ2n) is 2.66. The highest BCUT2D eigenvalue weighted by molar-refractivity contribution is 5.85. The van der Waals surface area contributed by atoms with E-state index in [0.29, 0.717) is 6.07 Å². The van der Waals surface area contributed by atoms with E-state index in [-0.39, 0.29) is 12.2 Å². The van der Waals surface area contributed by atoms with Crippen molar-refractivity contribution in [1.29, 1.82) is 0 Å². The molecule has 0 saturated carbocycles. The Balaban J connectivity index is 3.35. The summed E-state index contributed by atoms with van der Waals surface area (Å²) in [5.74, 6) is -2.92. The quantitative estimate of drug-likeness (QED) is 0.805. The molecular weight excluding hydrogens is 213 g/mol. The molecule has 82 valence electrons. The van der Waals surface area contributed by atoms with Crippen LogP contribution < -0.4 is 5.73 Å². The first-order chi connectivity index (χ1) is 6.97. The smallest absolute Gasteiger partial charge is 0.357 e. The molecule has 4 nitrogen and oxygen atoms in total. The fraction of sp³-hybridized carbons (Fsp3) is 0.250. The normalized spacial score (nSPS) is 10.7. The summed E-state index contributed by atoms with van der Waals surface area (Å²) in [4.78, 5) is 13.7. The molecule has 0 atom stereocenters. The average molecular weight is 220 g/mol. The fourth-order valence-electron chi connectivity index (χ4n) is 1.04. The number of carboxylic acid groups (broad SMARTS) is 1. The maximum absolute atomic E-state index is 13.0. The Morgan fingerprint density at radius 2 is 2.20 bits per heavy atom. The van der Waals surface area contributed by atoms with Crippen molar-refractivity contribution in [3.63, 3.8) is 0 Å². The molecule has 3 N–H and O–H groups in total. The third kappa shape index (κ3) is 2.24. The van der Waals surface area contributed by atoms with Gasteiger partial charge < -0.3 is 10.8 Å². The summed E-state index contributed by atoms with van der Waals surface area (Å²) in [5, 5.41) is 8.48. The Labute approximate surface area is 82.5 Å². The Morgan fingerprint density at radius 1 is 1.60 bits per heavy atom. The van der Waals surface area contributed by atoms with Crippen LogP contribution in [0.1, 0.15) is 28.2 Å². The van der Waals surface area contributed by atoms with Crippen LogP contribution in [0.15, 0.2) is 6.07 Å². The summed E-state index contributed by atoms with van der Waals surface area (Å²) in [6.45, 7) is -0.375. The van der Waals surface area contributed by atoms with Gasteiger partial charge in [0, 0.05) is 12.1 Å². The third-order valence-electron chi connectivity index (χ3n) is 1.72. The molecule has 1 aromatic heterocycles. The van der Waals surface area contributed by atoms with Gasteiger partial charge in [0.15, 0.2) is 11.5 Å². The van der Waals surface area contributed by atoms with E-state index in [9.17, 15) is 18.0 Å². The monoisotopic (exact) mass is 220 g/mol. The van der Waals surface area contributed by atoms with Crippen LogP contribution in [-0.2, 0) is 6.54 Å². The predicted octanol–water partition coefficient (Wildman–Crippen LogP) is 1.32. The van der Waals surface area contributed by atoms with Crippen molar-refractivity contribution in [2.45, 2.75) is 13.0 Å². The van der Waals surface area contributed by atoms with E-state index in [4.69, 9.17) is 10.8 Å². The molecule has 0 unspecified atom stereocenters. The van der Waals surface area contributed by atoms with Crippen LogP contribution in [0.3, 0.4) is 0 Å². The molecule has 0 amide bonds. The molecule has 1 aromatic rings. The van der Waals surface area contributed by atoms with Crippen LogP contribution in [0.2, 0.25) is 0 Å². The van der Waals surface area contributed by atoms with Gasteiger partial charge in [0.1, 0.15) is 0 Å². The first-order valence-corrected chi connectivity index (χ1v) is 3.88. The first-order valence-electron chi connectivity index (χ1n) is 3.88. The molecule has 0 saturated heterocycles. The van der Waals surface area contributed by atoms with Crippen LogP contribution >= 0.6 is 0 Å². The van der Waals surface area contributed by atoms with Crippen LogP contribution in [0.25, 0.3) is 0 Å². The lowest BCUT2D eigenvalue weighted by Crippen LogP contribution is -2.12. The zero-order valence-corrected chi connectivity index (χ0v) is 7.38. The van der Waals surface area contributed by atoms with Gasteiger partial charge in [0.2, 0.25) is 0 Å². The summed E-state index contributed by atoms with van der Waals surface area (Å²) in [7, 11) is 0. The number of aromatic carboxylic acids is 1. The van der Waals surface area contributed by atoms with Crippen molar-refractivity contribution in [3.8, 4) is 0 Å². The average Bonchev–Trinajstić information content (AvgIpc) is 2.16. The largest absolute Gasteiger partial charge is 0.476 e. The standard InChI is InChI=1S/C8H7F3N2O2/c9-4-1-3(7(10)11)5(2-12)13-6(4)8(14)15/h1,7H,2,12H2,(H,14,15). The van der Waals surface area contributed by atoms with E-state index in [0.717, 1.165) is 0 Å². The zero-order chi connectivity index (χ0) is 11.6. The van der Waals surface area contributed by atoms with E-state index >= 15 is 0 Å². The Morgan fingerprint density at radius 3 is 2.60 bits per heavy atom. The van der Waals surface area contributed by atoms with Crippen molar-refractivity contribution in [3.05, 3.63) is 28.8 Å². The minimum Gasteiger partial charge on any atom is -0.476 e. The lowest BCUT2D eigenvalue weighted by molar-refractivity contribution is 0.0683. The van der Waals surface area contributed by atoms with Crippen molar-refractivity contribution in [2.24, 2.45) is 5.73 Å². The number of pyridine rings is 1. The number of halogens is 3. The molecule has 7 heteroatoms. The molecule has 0 fully saturated rings. The van der Waals surface area contributed by atoms with Gasteiger partial charge in [0.25, 0.3) is 6.43 Å². The van der Waals surface area contributed by atoms with Gasteiger partial charge in [-0.25, -0.2) is 22.9 Å². The minimum atomic E-state index is -2.94. The van der Waals surface area contributed by atoms with Gasteiger partial charge in [-0.1, -0.05) is 0 Å². The van der Waals surface area contributed by atoms with Crippen molar-refractivity contribution >= 4 is 5.97 Å². The number of carbonyl (C=O) groups is 1. The van der Waals surface area contributed by atoms with E-state index in [1.54, 1.807) is 0 Å². The summed E-state index contributed by atoms with van der Waals surface area (Å²) in [6, 6.07) is 0.448. The first kappa shape index (κ1) is 11.4. The van der Waals surface area contributed by atoms with Crippen molar-refractivity contribution < 1.29 is 23.1 Å². The predicted molar refractivity (Wildman–Crippen MR) is 44.0 cm³/mol. The molecule has 1 rings (SSSR count). The molecule has 0 spiro atoms. The molecule has 1 heterocycles. The fourth-order valence-corrected chi connectivity index (χ4v) is 1.04. The second kappa shape index (κ2) is 4.26. The van der Waals surface area contributed by atoms with Crippen molar-refractivity contribution in [2.75, 3.05) is 0 Å². The van der Waals surface area contributed by atoms with E-state index in [1.807, 2.05) is 0 Å². The lowest BCUT2D eigenvalue weighted by atomic mass is 10.1. The van der Waals surface area contributed by atoms with Crippen LogP contribution in [-0.4, -0.2) is 16.1 Å². The van der Waals surface area contributed by atoms with Gasteiger partial charge in [0.05, 0.1) is 5.69 Å². The van der Waals surface area contributed by atoms with E-state index in [2.05, 4.69) is 4.98 Å². The molecule has 0 aliphatic carbocycles. The zero-order valence-electron chi connectivity index (χ0n) is 7.38. The Bertz CT molecular complexity index is 396. The molecule has 15 heavy (non-hydrogen) atoms. The summed E-state index contributed by atoms with van der Waals surface area (Å²) in [6.07, 6.45) is -2.94. The number of aromatic nitrogens is 1. The highest BCUT2D eigenvalue weighted by Crippen LogP contribution is 2.23. The van der Waals surface area contributed by atoms with Gasteiger partial charge in [-0.05, 0) is 6.07 Å². The molecule has 0 radical (unpaired) electrons. The molecular formula is C8H7F3N2O2. The maximum Gasteiger partial charge on any atom is 0.357 e. The molecule has 0 aliphatic rings. The SMILES string of the molecule is NCc1nc(C(=O)O)c(F)cc1C(F)F. The number of hydrogen-bond acceptors (Lipinski definition) is 3. The van der Waals surface area contributed by atoms with E-state index < -0.39 is 29.5 Å². The van der Waals surface area contributed by atoms with Gasteiger partial charge >= 0.3 is 5.97 Å². The van der Waals surface area contributed by atoms with Gasteiger partial charge in [-0.15, -0.1) is 0 Å². The van der Waals surface area contributed by atoms with Crippen LogP contribution in [0.5, 0.6) is 0 Å². The number of hydrogen-bond donors (Lipinski definition) is 2. The lowest BCUT2D eigenvalue weighted by Gasteiger charge is -2.07. The molecule has 0 aliphatic heterocycles. The molecule has 0 aromatic carbocycles. The van der Waals surface area contributed by atoms with Gasteiger partial charge in [-0.2, -0.15) is 0 Å². The summed E-state index contributed by atoms with van der Waals surface area (Å²) in [5.41, 5.74) is 3.20. The number of alkyl halides is 2. The highest BCUT2D eigenvalue weighted by Gasteiger charge is 2.20. The highest BCUT2D eigenvalue weighted by atomic mass is 19.3. The number of rotatable bonds is 3. The van der Waals surface area contributed by atoms with Crippen molar-refractivity contribution in [1.82, 2.24) is 4.98 Å². The summed E-state index contributed by atoms with van der Waals surface area (Å²) < 4.78 is 37.6. The van der Waals surface area contributed by atoms with Crippen LogP contribution in [0.4, 0.5) is 13.2 Å². The van der Waals surface area contributed by atoms with Gasteiger partial charge in [-0.3, -0.25) is 0 Å². The maximum atomic E-state index is 13.0. The summed E-state index contributed by atoms with van der Waals surface area (Å²) >= 11 is 0. The number of carboxylic acids is 1. The topological polar surface area (TPSA) is 76.2 Å². The Kier molecular flexibility index (Phi) is 3.25. The van der Waals surface area contributed by atoms with Crippen LogP contribution in [0, 0.1) is 5.82 Å². The van der Waals surface area contributed by atoms with E-state index in [1.165, 1.54) is 0 Å². The second-order valence-corrected chi connectivity index (χ2v) is 2.66. The third-order valence-corrected chi connectivity index (χ3v) is 1.72. The Hall–Kier alpha value is -1.63. The number of nitrogens with two attached hydrogens (primary N) is 1. The minimum absolute atomic E-state index is 0.316. The molecule has 0 bridgehead atoms. The number of nitrogens with zero attached hydrogens (tertiary/aromatic N) is 1.